The maximum atomic E-state index is 12.3. The van der Waals surface area contributed by atoms with Crippen LogP contribution in [0.2, 0.25) is 0 Å². The van der Waals surface area contributed by atoms with E-state index in [4.69, 9.17) is 0 Å². The van der Waals surface area contributed by atoms with E-state index < -0.39 is 0 Å². The Morgan fingerprint density at radius 2 is 2.00 bits per heavy atom. The lowest BCUT2D eigenvalue weighted by molar-refractivity contribution is -0.373. The Hall–Kier alpha value is -1.06. The highest BCUT2D eigenvalue weighted by atomic mass is 35.5. The van der Waals surface area contributed by atoms with Crippen LogP contribution in [0.5, 0.6) is 0 Å². The molecule has 0 spiro atoms. The van der Waals surface area contributed by atoms with Gasteiger partial charge in [-0.15, -0.1) is 0 Å². The second-order valence-electron chi connectivity index (χ2n) is 4.73. The van der Waals surface area contributed by atoms with Crippen molar-refractivity contribution < 1.29 is 22.9 Å². The zero-order chi connectivity index (χ0) is 11.8. The molecule has 0 aromatic heterocycles. The van der Waals surface area contributed by atoms with E-state index in [-0.39, 0.29) is 23.7 Å². The first-order valence-electron chi connectivity index (χ1n) is 5.69. The number of halogens is 1. The monoisotopic (exact) mass is 254 g/mol. The summed E-state index contributed by atoms with van der Waals surface area (Å²) in [5, 5.41) is 0. The van der Waals surface area contributed by atoms with E-state index in [0.717, 1.165) is 18.5 Å². The van der Waals surface area contributed by atoms with Gasteiger partial charge in [0.25, 0.3) is 0 Å². The highest BCUT2D eigenvalue weighted by Crippen LogP contribution is 2.54. The van der Waals surface area contributed by atoms with Crippen molar-refractivity contribution in [2.24, 2.45) is 5.92 Å². The Bertz CT molecular complexity index is 394. The molecule has 17 heavy (non-hydrogen) atoms. The summed E-state index contributed by atoms with van der Waals surface area (Å²) in [5.74, 6) is 0.622. The quantitative estimate of drug-likeness (QED) is 0.626. The fraction of sp³-hybridized carbons (Fsp3) is 0.462. The first-order valence-corrected chi connectivity index (χ1v) is 5.69. The van der Waals surface area contributed by atoms with E-state index in [2.05, 4.69) is 17.9 Å². The Balaban J connectivity index is 0.00000144. The van der Waals surface area contributed by atoms with Crippen molar-refractivity contribution in [3.05, 3.63) is 35.9 Å². The summed E-state index contributed by atoms with van der Waals surface area (Å²) in [5.41, 5.74) is 4.80. The van der Waals surface area contributed by atoms with E-state index in [1.165, 1.54) is 0 Å². The molecule has 0 aliphatic heterocycles. The second kappa shape index (κ2) is 5.07. The molecule has 1 aliphatic carbocycles. The van der Waals surface area contributed by atoms with Gasteiger partial charge in [0.1, 0.15) is 0 Å². The molecule has 2 rings (SSSR count). The van der Waals surface area contributed by atoms with Crippen molar-refractivity contribution >= 4 is 5.91 Å². The van der Waals surface area contributed by atoms with Gasteiger partial charge < -0.3 is 23.0 Å². The van der Waals surface area contributed by atoms with Crippen LogP contribution in [-0.4, -0.2) is 31.4 Å². The Morgan fingerprint density at radius 1 is 1.41 bits per heavy atom. The van der Waals surface area contributed by atoms with Crippen LogP contribution in [0, 0.1) is 5.92 Å². The topological polar surface area (TPSA) is 48.0 Å². The lowest BCUT2D eigenvalue weighted by Crippen LogP contribution is -3.00. The van der Waals surface area contributed by atoms with Crippen LogP contribution in [0.25, 0.3) is 0 Å². The van der Waals surface area contributed by atoms with Gasteiger partial charge in [-0.1, -0.05) is 30.3 Å². The molecule has 3 nitrogen and oxygen atoms in total. The zero-order valence-electron chi connectivity index (χ0n) is 10.3. The normalized spacial score (nSPS) is 25.9. The van der Waals surface area contributed by atoms with Crippen LogP contribution >= 0.6 is 0 Å². The smallest absolute Gasteiger partial charge is 0.233 e. The molecule has 1 aliphatic rings. The van der Waals surface area contributed by atoms with Crippen molar-refractivity contribution in [2.75, 3.05) is 20.6 Å². The molecule has 1 amide bonds. The average Bonchev–Trinajstić information content (AvgIpc) is 3.04. The number of carbonyl (C=O) groups excluding carboxylic acids is 1. The molecule has 1 aromatic carbocycles. The number of hydrogen-bond acceptors (Lipinski definition) is 1. The van der Waals surface area contributed by atoms with Gasteiger partial charge in [-0.25, -0.2) is 0 Å². The number of quaternary nitrogens is 1. The SMILES string of the molecule is CN(C)C(=O)[C@]1(c2ccccc2)C[C@@H]1C[NH3+].[Cl-]. The van der Waals surface area contributed by atoms with Crippen molar-refractivity contribution in [2.45, 2.75) is 11.8 Å². The first kappa shape index (κ1) is 14.0. The summed E-state index contributed by atoms with van der Waals surface area (Å²) in [6.07, 6.45) is 0.942. The molecule has 1 aromatic rings. The third-order valence-electron chi connectivity index (χ3n) is 3.53. The van der Waals surface area contributed by atoms with E-state index in [1.54, 1.807) is 4.90 Å². The standard InChI is InChI=1S/C13H18N2O.ClH/c1-15(2)12(16)13(8-11(13)9-14)10-6-4-3-5-7-10;/h3-7,11H,8-9,14H2,1-2H3;1H/t11-,13+;/m1./s1. The molecule has 0 saturated heterocycles. The highest BCUT2D eigenvalue weighted by Gasteiger charge is 2.61. The number of likely N-dealkylation sites (N-methyl/N-ethyl adjacent to an activating group) is 1. The van der Waals surface area contributed by atoms with Gasteiger partial charge in [0, 0.05) is 20.0 Å². The van der Waals surface area contributed by atoms with Gasteiger partial charge in [-0.05, 0) is 12.0 Å². The van der Waals surface area contributed by atoms with Crippen LogP contribution in [0.4, 0.5) is 0 Å². The highest BCUT2D eigenvalue weighted by molar-refractivity contribution is 5.91. The Morgan fingerprint density at radius 3 is 2.41 bits per heavy atom. The van der Waals surface area contributed by atoms with Crippen LogP contribution in [-0.2, 0) is 10.2 Å². The molecule has 2 atom stereocenters. The maximum Gasteiger partial charge on any atom is 0.233 e. The molecular weight excluding hydrogens is 236 g/mol. The Labute approximate surface area is 108 Å². The second-order valence-corrected chi connectivity index (χ2v) is 4.73. The van der Waals surface area contributed by atoms with Crippen LogP contribution in [0.1, 0.15) is 12.0 Å². The first-order chi connectivity index (χ1) is 7.63. The van der Waals surface area contributed by atoms with Gasteiger partial charge in [0.05, 0.1) is 12.0 Å². The third-order valence-corrected chi connectivity index (χ3v) is 3.53. The molecule has 4 heteroatoms. The Kier molecular flexibility index (Phi) is 4.17. The number of amides is 1. The van der Waals surface area contributed by atoms with Gasteiger partial charge in [0.2, 0.25) is 5.91 Å². The van der Waals surface area contributed by atoms with Crippen molar-refractivity contribution in [3.63, 3.8) is 0 Å². The van der Waals surface area contributed by atoms with E-state index in [1.807, 2.05) is 32.3 Å². The number of rotatable bonds is 3. The predicted molar refractivity (Wildman–Crippen MR) is 62.7 cm³/mol. The van der Waals surface area contributed by atoms with E-state index in [9.17, 15) is 4.79 Å². The fourth-order valence-electron chi connectivity index (χ4n) is 2.55. The largest absolute Gasteiger partial charge is 1.00 e. The zero-order valence-corrected chi connectivity index (χ0v) is 11.1. The molecule has 3 N–H and O–H groups in total. The summed E-state index contributed by atoms with van der Waals surface area (Å²) in [6.45, 7) is 0.828. The van der Waals surface area contributed by atoms with Crippen LogP contribution in [0.3, 0.4) is 0 Å². The van der Waals surface area contributed by atoms with Gasteiger partial charge in [-0.3, -0.25) is 4.79 Å². The van der Waals surface area contributed by atoms with Gasteiger partial charge >= 0.3 is 0 Å². The van der Waals surface area contributed by atoms with Crippen molar-refractivity contribution in [1.29, 1.82) is 0 Å². The fourth-order valence-corrected chi connectivity index (χ4v) is 2.55. The van der Waals surface area contributed by atoms with Crippen molar-refractivity contribution in [3.8, 4) is 0 Å². The summed E-state index contributed by atoms with van der Waals surface area (Å²) < 4.78 is 0. The number of benzene rings is 1. The summed E-state index contributed by atoms with van der Waals surface area (Å²) in [7, 11) is 3.65. The average molecular weight is 255 g/mol. The lowest BCUT2D eigenvalue weighted by Gasteiger charge is -2.21. The van der Waals surface area contributed by atoms with Crippen molar-refractivity contribution in [1.82, 2.24) is 4.90 Å². The maximum absolute atomic E-state index is 12.3. The van der Waals surface area contributed by atoms with Gasteiger partial charge in [0.15, 0.2) is 0 Å². The summed E-state index contributed by atoms with van der Waals surface area (Å²) in [4.78, 5) is 14.0. The molecule has 94 valence electrons. The molecule has 0 bridgehead atoms. The lowest BCUT2D eigenvalue weighted by atomic mass is 9.91. The predicted octanol–water partition coefficient (Wildman–Crippen LogP) is -2.72. The molecule has 0 heterocycles. The summed E-state index contributed by atoms with van der Waals surface area (Å²) >= 11 is 0. The summed E-state index contributed by atoms with van der Waals surface area (Å²) in [6, 6.07) is 10.1. The molecular formula is C13H19ClN2O. The van der Waals surface area contributed by atoms with E-state index >= 15 is 0 Å². The molecule has 0 radical (unpaired) electrons. The van der Waals surface area contributed by atoms with Crippen LogP contribution in [0.15, 0.2) is 30.3 Å². The van der Waals surface area contributed by atoms with E-state index in [0.29, 0.717) is 5.92 Å². The molecule has 0 unspecified atom stereocenters. The minimum atomic E-state index is -0.285. The molecule has 1 saturated carbocycles. The number of hydrogen-bond donors (Lipinski definition) is 1. The number of carbonyl (C=O) groups is 1. The minimum Gasteiger partial charge on any atom is -1.00 e. The third kappa shape index (κ3) is 2.17. The van der Waals surface area contributed by atoms with Crippen LogP contribution < -0.4 is 18.1 Å². The van der Waals surface area contributed by atoms with Gasteiger partial charge in [-0.2, -0.15) is 0 Å². The minimum absolute atomic E-state index is 0. The molecule has 1 fully saturated rings. The number of nitrogens with zero attached hydrogens (tertiary/aromatic N) is 1.